The van der Waals surface area contributed by atoms with E-state index in [1.807, 2.05) is 67.6 Å². The molecule has 0 saturated heterocycles. The lowest BCUT2D eigenvalue weighted by molar-refractivity contribution is -0.139. The van der Waals surface area contributed by atoms with Crippen LogP contribution in [0.25, 0.3) is 0 Å². The SMILES string of the molecule is CCNC(=O)[C@@H](Cc1ccccc1)N(Cc1ccccc1)C(C)=O. The van der Waals surface area contributed by atoms with E-state index in [1.54, 1.807) is 4.90 Å². The Kier molecular flexibility index (Phi) is 6.55. The van der Waals surface area contributed by atoms with Gasteiger partial charge in [0.15, 0.2) is 0 Å². The summed E-state index contributed by atoms with van der Waals surface area (Å²) in [6.07, 6.45) is 0.499. The van der Waals surface area contributed by atoms with Gasteiger partial charge in [0, 0.05) is 26.4 Å². The van der Waals surface area contributed by atoms with E-state index in [0.717, 1.165) is 11.1 Å². The van der Waals surface area contributed by atoms with Crippen molar-refractivity contribution in [2.45, 2.75) is 32.9 Å². The topological polar surface area (TPSA) is 49.4 Å². The van der Waals surface area contributed by atoms with Crippen LogP contribution in [0.15, 0.2) is 60.7 Å². The summed E-state index contributed by atoms with van der Waals surface area (Å²) in [5.74, 6) is -0.224. The fourth-order valence-corrected chi connectivity index (χ4v) is 2.69. The maximum Gasteiger partial charge on any atom is 0.243 e. The minimum atomic E-state index is -0.523. The molecule has 24 heavy (non-hydrogen) atoms. The Bertz CT molecular complexity index is 656. The fourth-order valence-electron chi connectivity index (χ4n) is 2.69. The molecule has 0 spiro atoms. The second-order valence-corrected chi connectivity index (χ2v) is 5.73. The smallest absolute Gasteiger partial charge is 0.243 e. The van der Waals surface area contributed by atoms with E-state index < -0.39 is 6.04 Å². The first-order chi connectivity index (χ1) is 11.6. The van der Waals surface area contributed by atoms with Gasteiger partial charge in [0.25, 0.3) is 0 Å². The summed E-state index contributed by atoms with van der Waals surface area (Å²) in [4.78, 5) is 26.5. The highest BCUT2D eigenvalue weighted by molar-refractivity contribution is 5.87. The third-order valence-corrected chi connectivity index (χ3v) is 3.90. The average molecular weight is 324 g/mol. The lowest BCUT2D eigenvalue weighted by Crippen LogP contribution is -2.49. The van der Waals surface area contributed by atoms with Crippen LogP contribution < -0.4 is 5.32 Å². The van der Waals surface area contributed by atoms with Crippen molar-refractivity contribution in [2.75, 3.05) is 6.54 Å². The summed E-state index contributed by atoms with van der Waals surface area (Å²) in [6.45, 7) is 4.36. The minimum absolute atomic E-state index is 0.106. The summed E-state index contributed by atoms with van der Waals surface area (Å²) in [5, 5.41) is 2.85. The summed E-state index contributed by atoms with van der Waals surface area (Å²) in [6, 6.07) is 19.0. The number of carbonyl (C=O) groups excluding carboxylic acids is 2. The van der Waals surface area contributed by atoms with Gasteiger partial charge in [0.2, 0.25) is 11.8 Å². The number of hydrogen-bond acceptors (Lipinski definition) is 2. The second-order valence-electron chi connectivity index (χ2n) is 5.73. The number of likely N-dealkylation sites (N-methyl/N-ethyl adjacent to an activating group) is 1. The van der Waals surface area contributed by atoms with Crippen LogP contribution in [0.5, 0.6) is 0 Å². The van der Waals surface area contributed by atoms with Gasteiger partial charge in [-0.2, -0.15) is 0 Å². The van der Waals surface area contributed by atoms with Gasteiger partial charge >= 0.3 is 0 Å². The normalized spacial score (nSPS) is 11.6. The van der Waals surface area contributed by atoms with Crippen molar-refractivity contribution in [1.29, 1.82) is 0 Å². The zero-order valence-electron chi connectivity index (χ0n) is 14.2. The molecule has 1 N–H and O–H groups in total. The number of benzene rings is 2. The van der Waals surface area contributed by atoms with Gasteiger partial charge in [-0.1, -0.05) is 60.7 Å². The zero-order valence-corrected chi connectivity index (χ0v) is 14.2. The van der Waals surface area contributed by atoms with Crippen molar-refractivity contribution in [3.8, 4) is 0 Å². The van der Waals surface area contributed by atoms with E-state index in [-0.39, 0.29) is 11.8 Å². The van der Waals surface area contributed by atoms with E-state index in [0.29, 0.717) is 19.5 Å². The predicted molar refractivity (Wildman–Crippen MR) is 95.3 cm³/mol. The van der Waals surface area contributed by atoms with Crippen molar-refractivity contribution < 1.29 is 9.59 Å². The minimum Gasteiger partial charge on any atom is -0.355 e. The Hall–Kier alpha value is -2.62. The van der Waals surface area contributed by atoms with Gasteiger partial charge in [-0.05, 0) is 18.1 Å². The molecule has 0 fully saturated rings. The largest absolute Gasteiger partial charge is 0.355 e. The monoisotopic (exact) mass is 324 g/mol. The lowest BCUT2D eigenvalue weighted by atomic mass is 10.0. The highest BCUT2D eigenvalue weighted by atomic mass is 16.2. The molecule has 0 radical (unpaired) electrons. The second kappa shape index (κ2) is 8.87. The van der Waals surface area contributed by atoms with Crippen LogP contribution in [0, 0.1) is 0 Å². The molecular weight excluding hydrogens is 300 g/mol. The van der Waals surface area contributed by atoms with Crippen molar-refractivity contribution in [3.63, 3.8) is 0 Å². The number of hydrogen-bond donors (Lipinski definition) is 1. The highest BCUT2D eigenvalue weighted by Gasteiger charge is 2.28. The van der Waals surface area contributed by atoms with Gasteiger partial charge in [-0.15, -0.1) is 0 Å². The molecule has 1 atom stereocenters. The van der Waals surface area contributed by atoms with E-state index in [1.165, 1.54) is 6.92 Å². The van der Waals surface area contributed by atoms with Crippen LogP contribution >= 0.6 is 0 Å². The molecule has 126 valence electrons. The molecule has 2 aromatic carbocycles. The molecule has 0 aliphatic heterocycles. The molecule has 0 heterocycles. The van der Waals surface area contributed by atoms with E-state index in [2.05, 4.69) is 5.32 Å². The Morgan fingerprint density at radius 3 is 2.00 bits per heavy atom. The Balaban J connectivity index is 2.26. The Morgan fingerprint density at radius 1 is 0.958 bits per heavy atom. The lowest BCUT2D eigenvalue weighted by Gasteiger charge is -2.30. The van der Waals surface area contributed by atoms with Crippen LogP contribution in [0.3, 0.4) is 0 Å². The fraction of sp³-hybridized carbons (Fsp3) is 0.300. The predicted octanol–water partition coefficient (Wildman–Crippen LogP) is 2.78. The maximum absolute atomic E-state index is 12.6. The van der Waals surface area contributed by atoms with Crippen LogP contribution in [0.4, 0.5) is 0 Å². The van der Waals surface area contributed by atoms with Crippen LogP contribution in [0.2, 0.25) is 0 Å². The van der Waals surface area contributed by atoms with E-state index in [9.17, 15) is 9.59 Å². The number of rotatable bonds is 7. The van der Waals surface area contributed by atoms with Gasteiger partial charge < -0.3 is 10.2 Å². The number of carbonyl (C=O) groups is 2. The average Bonchev–Trinajstić information content (AvgIpc) is 2.60. The van der Waals surface area contributed by atoms with Gasteiger partial charge in [-0.3, -0.25) is 9.59 Å². The molecule has 4 heteroatoms. The molecule has 0 saturated carbocycles. The van der Waals surface area contributed by atoms with Gasteiger partial charge in [0.1, 0.15) is 6.04 Å². The van der Waals surface area contributed by atoms with Gasteiger partial charge in [0.05, 0.1) is 0 Å². The summed E-state index contributed by atoms with van der Waals surface area (Å²) < 4.78 is 0. The highest BCUT2D eigenvalue weighted by Crippen LogP contribution is 2.14. The Morgan fingerprint density at radius 2 is 1.50 bits per heavy atom. The zero-order chi connectivity index (χ0) is 17.4. The Labute approximate surface area is 143 Å². The standard InChI is InChI=1S/C20H24N2O2/c1-3-21-20(24)19(14-17-10-6-4-7-11-17)22(16(2)23)15-18-12-8-5-9-13-18/h4-13,19H,3,14-15H2,1-2H3,(H,21,24)/t19-/m1/s1. The maximum atomic E-state index is 12.6. The molecule has 2 amide bonds. The molecule has 0 aliphatic rings. The molecular formula is C20H24N2O2. The molecule has 0 unspecified atom stereocenters. The molecule has 0 aromatic heterocycles. The first-order valence-corrected chi connectivity index (χ1v) is 8.24. The first kappa shape index (κ1) is 17.7. The van der Waals surface area contributed by atoms with Crippen LogP contribution in [-0.4, -0.2) is 29.3 Å². The van der Waals surface area contributed by atoms with Crippen molar-refractivity contribution >= 4 is 11.8 Å². The van der Waals surface area contributed by atoms with E-state index in [4.69, 9.17) is 0 Å². The quantitative estimate of drug-likeness (QED) is 0.851. The third-order valence-electron chi connectivity index (χ3n) is 3.90. The summed E-state index contributed by atoms with van der Waals surface area (Å²) in [7, 11) is 0. The number of nitrogens with one attached hydrogen (secondary N) is 1. The molecule has 0 bridgehead atoms. The van der Waals surface area contributed by atoms with Crippen molar-refractivity contribution in [1.82, 2.24) is 10.2 Å². The summed E-state index contributed by atoms with van der Waals surface area (Å²) >= 11 is 0. The van der Waals surface area contributed by atoms with Crippen LogP contribution in [0.1, 0.15) is 25.0 Å². The molecule has 4 nitrogen and oxygen atoms in total. The molecule has 0 aliphatic carbocycles. The summed E-state index contributed by atoms with van der Waals surface area (Å²) in [5.41, 5.74) is 2.04. The third kappa shape index (κ3) is 4.95. The number of nitrogens with zero attached hydrogens (tertiary/aromatic N) is 1. The van der Waals surface area contributed by atoms with E-state index >= 15 is 0 Å². The van der Waals surface area contributed by atoms with Crippen molar-refractivity contribution in [2.24, 2.45) is 0 Å². The number of amides is 2. The van der Waals surface area contributed by atoms with Gasteiger partial charge in [-0.25, -0.2) is 0 Å². The molecule has 2 rings (SSSR count). The van der Waals surface area contributed by atoms with Crippen LogP contribution in [-0.2, 0) is 22.6 Å². The molecule has 2 aromatic rings. The first-order valence-electron chi connectivity index (χ1n) is 8.24. The van der Waals surface area contributed by atoms with Crippen molar-refractivity contribution in [3.05, 3.63) is 71.8 Å².